The van der Waals surface area contributed by atoms with Crippen molar-refractivity contribution in [1.29, 1.82) is 0 Å². The van der Waals surface area contributed by atoms with Crippen molar-refractivity contribution >= 4 is 33.9 Å². The second-order valence-corrected chi connectivity index (χ2v) is 14.3. The molecule has 0 aliphatic carbocycles. The summed E-state index contributed by atoms with van der Waals surface area (Å²) in [5.74, 6) is -0.956. The van der Waals surface area contributed by atoms with Crippen molar-refractivity contribution in [3.05, 3.63) is 59.7 Å². The molecular formula is C32H42N4O8S. The Kier molecular flexibility index (Phi) is 10.5. The molecule has 0 saturated carbocycles. The minimum atomic E-state index is -3.93. The maximum absolute atomic E-state index is 13.5. The number of hydrogen-bond donors (Lipinski definition) is 1. The van der Waals surface area contributed by atoms with Gasteiger partial charge in [0.05, 0.1) is 4.90 Å². The summed E-state index contributed by atoms with van der Waals surface area (Å²) in [7, 11) is -3.93. The van der Waals surface area contributed by atoms with Gasteiger partial charge in [0.25, 0.3) is 0 Å². The highest BCUT2D eigenvalue weighted by atomic mass is 32.2. The van der Waals surface area contributed by atoms with E-state index in [0.29, 0.717) is 50.3 Å². The molecular weight excluding hydrogens is 600 g/mol. The summed E-state index contributed by atoms with van der Waals surface area (Å²) >= 11 is 0. The lowest BCUT2D eigenvalue weighted by Gasteiger charge is -2.33. The van der Waals surface area contributed by atoms with E-state index in [1.165, 1.54) is 28.3 Å². The predicted molar refractivity (Wildman–Crippen MR) is 166 cm³/mol. The van der Waals surface area contributed by atoms with E-state index in [9.17, 15) is 27.6 Å². The van der Waals surface area contributed by atoms with Crippen molar-refractivity contribution < 1.29 is 37.1 Å². The molecule has 2 heterocycles. The van der Waals surface area contributed by atoms with E-state index in [2.05, 4.69) is 5.32 Å². The summed E-state index contributed by atoms with van der Waals surface area (Å²) in [6.45, 7) is 10.3. The standard InChI is InChI=1S/C32H42N4O8S/c1-22-8-14-26(15-9-22)45(41,42)36-16-6-7-28(36)29(38)33-27(30(39)44-32(3,4)5)21-24-10-12-25(13-11-24)43-31(40)35-19-17-34(18-20-35)23(2)37/h8-15,27-28H,6-7,16-21H2,1-5H3,(H,33,38)/t27-,28-/m0/s1. The number of rotatable bonds is 8. The van der Waals surface area contributed by atoms with Gasteiger partial charge in [-0.3, -0.25) is 9.59 Å². The topological polar surface area (TPSA) is 143 Å². The van der Waals surface area contributed by atoms with Crippen LogP contribution >= 0.6 is 0 Å². The van der Waals surface area contributed by atoms with Crippen LogP contribution in [0.4, 0.5) is 4.79 Å². The van der Waals surface area contributed by atoms with E-state index < -0.39 is 45.7 Å². The molecule has 45 heavy (non-hydrogen) atoms. The third-order valence-electron chi connectivity index (χ3n) is 7.69. The average Bonchev–Trinajstić information content (AvgIpc) is 3.49. The first-order chi connectivity index (χ1) is 21.1. The highest BCUT2D eigenvalue weighted by Crippen LogP contribution is 2.27. The number of nitrogens with zero attached hydrogens (tertiary/aromatic N) is 3. The van der Waals surface area contributed by atoms with E-state index >= 15 is 0 Å². The van der Waals surface area contributed by atoms with Crippen LogP contribution in [0, 0.1) is 6.92 Å². The van der Waals surface area contributed by atoms with Crippen LogP contribution in [0.5, 0.6) is 5.75 Å². The third kappa shape index (κ3) is 8.82. The van der Waals surface area contributed by atoms with Crippen LogP contribution in [0.1, 0.15) is 51.7 Å². The van der Waals surface area contributed by atoms with Crippen molar-refractivity contribution in [1.82, 2.24) is 19.4 Å². The number of nitrogens with one attached hydrogen (secondary N) is 1. The Hall–Kier alpha value is -3.97. The molecule has 13 heteroatoms. The molecule has 2 aromatic carbocycles. The summed E-state index contributed by atoms with van der Waals surface area (Å²) in [5, 5.41) is 2.75. The fourth-order valence-electron chi connectivity index (χ4n) is 5.27. The molecule has 2 aromatic rings. The van der Waals surface area contributed by atoms with Crippen LogP contribution in [0.2, 0.25) is 0 Å². The molecule has 0 aromatic heterocycles. The Balaban J connectivity index is 1.44. The van der Waals surface area contributed by atoms with Gasteiger partial charge in [0.1, 0.15) is 23.4 Å². The van der Waals surface area contributed by atoms with Gasteiger partial charge < -0.3 is 24.6 Å². The number of carbonyl (C=O) groups is 4. The minimum Gasteiger partial charge on any atom is -0.458 e. The lowest BCUT2D eigenvalue weighted by molar-refractivity contribution is -0.158. The number of ether oxygens (including phenoxy) is 2. The zero-order chi connectivity index (χ0) is 32.9. The van der Waals surface area contributed by atoms with E-state index in [1.807, 2.05) is 6.92 Å². The molecule has 0 unspecified atom stereocenters. The number of amides is 3. The zero-order valence-electron chi connectivity index (χ0n) is 26.4. The molecule has 2 saturated heterocycles. The number of piperazine rings is 1. The molecule has 244 valence electrons. The van der Waals surface area contributed by atoms with Crippen LogP contribution < -0.4 is 10.1 Å². The molecule has 12 nitrogen and oxygen atoms in total. The highest BCUT2D eigenvalue weighted by molar-refractivity contribution is 7.89. The minimum absolute atomic E-state index is 0.0349. The van der Waals surface area contributed by atoms with Gasteiger partial charge in [-0.1, -0.05) is 29.8 Å². The number of benzene rings is 2. The molecule has 2 aliphatic rings. The number of esters is 1. The van der Waals surface area contributed by atoms with E-state index in [1.54, 1.807) is 62.1 Å². The summed E-state index contributed by atoms with van der Waals surface area (Å²) in [5.41, 5.74) is 0.763. The van der Waals surface area contributed by atoms with Gasteiger partial charge >= 0.3 is 12.1 Å². The largest absolute Gasteiger partial charge is 0.458 e. The number of carbonyl (C=O) groups excluding carboxylic acids is 4. The van der Waals surface area contributed by atoms with Gasteiger partial charge in [0.2, 0.25) is 21.8 Å². The van der Waals surface area contributed by atoms with Crippen molar-refractivity contribution in [2.45, 2.75) is 76.5 Å². The summed E-state index contributed by atoms with van der Waals surface area (Å²) in [6, 6.07) is 11.0. The van der Waals surface area contributed by atoms with Crippen molar-refractivity contribution in [2.24, 2.45) is 0 Å². The van der Waals surface area contributed by atoms with Gasteiger partial charge in [0, 0.05) is 46.1 Å². The molecule has 4 rings (SSSR count). The second kappa shape index (κ2) is 14.0. The van der Waals surface area contributed by atoms with Crippen LogP contribution in [0.25, 0.3) is 0 Å². The molecule has 0 bridgehead atoms. The second-order valence-electron chi connectivity index (χ2n) is 12.4. The lowest BCUT2D eigenvalue weighted by Crippen LogP contribution is -2.52. The Labute approximate surface area is 264 Å². The molecule has 2 aliphatic heterocycles. The fourth-order valence-corrected chi connectivity index (χ4v) is 6.92. The van der Waals surface area contributed by atoms with Crippen molar-refractivity contribution in [3.8, 4) is 5.75 Å². The SMILES string of the molecule is CC(=O)N1CCN(C(=O)Oc2ccc(C[C@H](NC(=O)[C@@H]3CCCN3S(=O)(=O)c3ccc(C)cc3)C(=O)OC(C)(C)C)cc2)CC1. The summed E-state index contributed by atoms with van der Waals surface area (Å²) < 4.78 is 39.1. The molecule has 2 atom stereocenters. The van der Waals surface area contributed by atoms with E-state index in [4.69, 9.17) is 9.47 Å². The van der Waals surface area contributed by atoms with Gasteiger partial charge in [-0.15, -0.1) is 0 Å². The summed E-state index contributed by atoms with van der Waals surface area (Å²) in [6.07, 6.45) is 0.375. The Morgan fingerprint density at radius 1 is 0.911 bits per heavy atom. The third-order valence-corrected chi connectivity index (χ3v) is 9.62. The van der Waals surface area contributed by atoms with E-state index in [-0.39, 0.29) is 23.8 Å². The van der Waals surface area contributed by atoms with E-state index in [0.717, 1.165) is 5.56 Å². The zero-order valence-corrected chi connectivity index (χ0v) is 27.3. The fraction of sp³-hybridized carbons (Fsp3) is 0.500. The predicted octanol–water partition coefficient (Wildman–Crippen LogP) is 2.88. The van der Waals surface area contributed by atoms with Gasteiger partial charge in [-0.25, -0.2) is 18.0 Å². The first-order valence-corrected chi connectivity index (χ1v) is 16.5. The van der Waals surface area contributed by atoms with Crippen LogP contribution in [-0.4, -0.2) is 96.8 Å². The maximum Gasteiger partial charge on any atom is 0.415 e. The van der Waals surface area contributed by atoms with Gasteiger partial charge in [-0.2, -0.15) is 4.31 Å². The smallest absolute Gasteiger partial charge is 0.415 e. The maximum atomic E-state index is 13.5. The molecule has 2 fully saturated rings. The summed E-state index contributed by atoms with van der Waals surface area (Å²) in [4.78, 5) is 54.2. The highest BCUT2D eigenvalue weighted by Gasteiger charge is 2.41. The molecule has 0 spiro atoms. The van der Waals surface area contributed by atoms with Gasteiger partial charge in [0.15, 0.2) is 0 Å². The monoisotopic (exact) mass is 642 g/mol. The Morgan fingerprint density at radius 3 is 2.09 bits per heavy atom. The lowest BCUT2D eigenvalue weighted by atomic mass is 10.0. The molecule has 1 N–H and O–H groups in total. The van der Waals surface area contributed by atoms with Crippen LogP contribution in [0.3, 0.4) is 0 Å². The first-order valence-electron chi connectivity index (χ1n) is 15.1. The van der Waals surface area contributed by atoms with Gasteiger partial charge in [-0.05, 0) is 70.4 Å². The Morgan fingerprint density at radius 2 is 1.51 bits per heavy atom. The van der Waals surface area contributed by atoms with Crippen LogP contribution in [0.15, 0.2) is 53.4 Å². The average molecular weight is 643 g/mol. The first kappa shape index (κ1) is 33.9. The van der Waals surface area contributed by atoms with Crippen molar-refractivity contribution in [3.63, 3.8) is 0 Å². The van der Waals surface area contributed by atoms with Crippen LogP contribution in [-0.2, 0) is 35.6 Å². The normalized spacial score (nSPS) is 18.3. The number of hydrogen-bond acceptors (Lipinski definition) is 8. The molecule has 0 radical (unpaired) electrons. The Bertz CT molecular complexity index is 1500. The number of aryl methyl sites for hydroxylation is 1. The quantitative estimate of drug-likeness (QED) is 0.434. The number of sulfonamides is 1. The molecule has 3 amide bonds. The van der Waals surface area contributed by atoms with Crippen molar-refractivity contribution in [2.75, 3.05) is 32.7 Å².